The van der Waals surface area contributed by atoms with E-state index in [1.54, 1.807) is 23.1 Å². The highest BCUT2D eigenvalue weighted by molar-refractivity contribution is 9.10. The van der Waals surface area contributed by atoms with E-state index < -0.39 is 28.7 Å². The van der Waals surface area contributed by atoms with Gasteiger partial charge in [-0.2, -0.15) is 0 Å². The minimum Gasteiger partial charge on any atom is -0.385 e. The second kappa shape index (κ2) is 9.90. The number of carbonyl (C=O) groups is 2. The van der Waals surface area contributed by atoms with E-state index in [2.05, 4.69) is 26.6 Å². The van der Waals surface area contributed by atoms with Gasteiger partial charge in [-0.3, -0.25) is 4.79 Å². The van der Waals surface area contributed by atoms with E-state index in [0.717, 1.165) is 16.1 Å². The minimum atomic E-state index is -1.22. The molecule has 3 aromatic rings. The van der Waals surface area contributed by atoms with Gasteiger partial charge in [-0.1, -0.05) is 40.2 Å². The van der Waals surface area contributed by atoms with Gasteiger partial charge in [0.25, 0.3) is 5.91 Å². The summed E-state index contributed by atoms with van der Waals surface area (Å²) < 4.78 is 28.2. The molecule has 0 saturated carbocycles. The number of likely N-dealkylation sites (tertiary alicyclic amines) is 1. The predicted octanol–water partition coefficient (Wildman–Crippen LogP) is 5.50. The average molecular weight is 530 g/mol. The Hall–Kier alpha value is -3.30. The number of anilines is 2. The SMILES string of the molecule is O=C(Nc1cccc(NC(=O)N2CCC(O)(c3ccc(Br)cc3)CC2)c1)c1cccc(F)c1F. The molecule has 1 saturated heterocycles. The first-order valence-corrected chi connectivity index (χ1v) is 11.4. The van der Waals surface area contributed by atoms with Gasteiger partial charge in [-0.25, -0.2) is 13.6 Å². The van der Waals surface area contributed by atoms with Crippen LogP contribution < -0.4 is 10.6 Å². The Morgan fingerprint density at radius 1 is 0.912 bits per heavy atom. The summed E-state index contributed by atoms with van der Waals surface area (Å²) in [6.45, 7) is 0.737. The third-order valence-electron chi connectivity index (χ3n) is 5.83. The standard InChI is InChI=1S/C25H22BrF2N3O3/c26-17-9-7-16(8-10-17)25(34)11-13-31(14-12-25)24(33)30-19-4-1-3-18(15-19)29-23(32)20-5-2-6-21(27)22(20)28/h1-10,15,34H,11-14H2,(H,29,32)(H,30,33). The predicted molar refractivity (Wildman–Crippen MR) is 129 cm³/mol. The summed E-state index contributed by atoms with van der Waals surface area (Å²) in [5.74, 6) is -3.14. The Morgan fingerprint density at radius 3 is 2.21 bits per heavy atom. The fourth-order valence-electron chi connectivity index (χ4n) is 3.88. The molecule has 1 fully saturated rings. The molecule has 3 amide bonds. The van der Waals surface area contributed by atoms with E-state index in [0.29, 0.717) is 37.3 Å². The van der Waals surface area contributed by atoms with Crippen molar-refractivity contribution in [2.45, 2.75) is 18.4 Å². The van der Waals surface area contributed by atoms with Crippen molar-refractivity contribution in [1.29, 1.82) is 0 Å². The Morgan fingerprint density at radius 2 is 1.53 bits per heavy atom. The van der Waals surface area contributed by atoms with Gasteiger partial charge in [0, 0.05) is 28.9 Å². The molecule has 0 atom stereocenters. The van der Waals surface area contributed by atoms with Crippen LogP contribution >= 0.6 is 15.9 Å². The fourth-order valence-corrected chi connectivity index (χ4v) is 4.15. The van der Waals surface area contributed by atoms with E-state index >= 15 is 0 Å². The van der Waals surface area contributed by atoms with Crippen LogP contribution in [-0.4, -0.2) is 35.0 Å². The van der Waals surface area contributed by atoms with Crippen molar-refractivity contribution in [2.75, 3.05) is 23.7 Å². The number of nitrogens with zero attached hydrogens (tertiary/aromatic N) is 1. The number of hydrogen-bond donors (Lipinski definition) is 3. The van der Waals surface area contributed by atoms with E-state index in [4.69, 9.17) is 0 Å². The summed E-state index contributed by atoms with van der Waals surface area (Å²) in [7, 11) is 0. The number of rotatable bonds is 4. The lowest BCUT2D eigenvalue weighted by Crippen LogP contribution is -2.46. The minimum absolute atomic E-state index is 0.315. The van der Waals surface area contributed by atoms with E-state index in [1.165, 1.54) is 18.2 Å². The first-order chi connectivity index (χ1) is 16.2. The van der Waals surface area contributed by atoms with Crippen molar-refractivity contribution in [2.24, 2.45) is 0 Å². The number of hydrogen-bond acceptors (Lipinski definition) is 3. The number of amides is 3. The van der Waals surface area contributed by atoms with Crippen LogP contribution in [0.4, 0.5) is 25.0 Å². The summed E-state index contributed by atoms with van der Waals surface area (Å²) in [6, 6.07) is 16.9. The zero-order valence-electron chi connectivity index (χ0n) is 18.0. The molecule has 1 aliphatic rings. The van der Waals surface area contributed by atoms with Gasteiger partial charge in [0.2, 0.25) is 0 Å². The molecule has 4 rings (SSSR count). The summed E-state index contributed by atoms with van der Waals surface area (Å²) in [5, 5.41) is 16.3. The Labute approximate surface area is 203 Å². The number of nitrogens with one attached hydrogen (secondary N) is 2. The van der Waals surface area contributed by atoms with Crippen molar-refractivity contribution < 1.29 is 23.5 Å². The molecule has 0 radical (unpaired) electrons. The van der Waals surface area contributed by atoms with Crippen molar-refractivity contribution in [3.05, 3.63) is 94.0 Å². The number of aliphatic hydroxyl groups is 1. The maximum absolute atomic E-state index is 13.9. The highest BCUT2D eigenvalue weighted by atomic mass is 79.9. The maximum Gasteiger partial charge on any atom is 0.321 e. The third kappa shape index (κ3) is 5.26. The normalized spacial score (nSPS) is 15.0. The molecule has 0 bridgehead atoms. The molecule has 1 heterocycles. The van der Waals surface area contributed by atoms with Crippen LogP contribution in [0.1, 0.15) is 28.8 Å². The van der Waals surface area contributed by atoms with Crippen LogP contribution in [0, 0.1) is 11.6 Å². The number of benzene rings is 3. The van der Waals surface area contributed by atoms with Gasteiger partial charge in [0.15, 0.2) is 11.6 Å². The summed E-state index contributed by atoms with van der Waals surface area (Å²) in [6.07, 6.45) is 0.800. The number of halogens is 3. The van der Waals surface area contributed by atoms with Gasteiger partial charge in [-0.15, -0.1) is 0 Å². The Kier molecular flexibility index (Phi) is 6.95. The molecule has 1 aliphatic heterocycles. The van der Waals surface area contributed by atoms with Gasteiger partial charge >= 0.3 is 6.03 Å². The Bertz CT molecular complexity index is 1210. The summed E-state index contributed by atoms with van der Waals surface area (Å²) >= 11 is 3.39. The average Bonchev–Trinajstić information content (AvgIpc) is 2.82. The van der Waals surface area contributed by atoms with Crippen LogP contribution in [0.15, 0.2) is 71.2 Å². The smallest absolute Gasteiger partial charge is 0.321 e. The maximum atomic E-state index is 13.9. The first-order valence-electron chi connectivity index (χ1n) is 10.6. The number of urea groups is 1. The molecule has 0 aliphatic carbocycles. The van der Waals surface area contributed by atoms with Crippen LogP contribution in [0.5, 0.6) is 0 Å². The number of carbonyl (C=O) groups excluding carboxylic acids is 2. The van der Waals surface area contributed by atoms with Crippen molar-refractivity contribution in [1.82, 2.24) is 4.90 Å². The second-order valence-corrected chi connectivity index (χ2v) is 9.01. The third-order valence-corrected chi connectivity index (χ3v) is 6.36. The topological polar surface area (TPSA) is 81.7 Å². The lowest BCUT2D eigenvalue weighted by atomic mass is 9.84. The molecular formula is C25H22BrF2N3O3. The van der Waals surface area contributed by atoms with Crippen LogP contribution in [-0.2, 0) is 5.60 Å². The lowest BCUT2D eigenvalue weighted by Gasteiger charge is -2.38. The molecule has 176 valence electrons. The number of piperidine rings is 1. The highest BCUT2D eigenvalue weighted by Crippen LogP contribution is 2.33. The highest BCUT2D eigenvalue weighted by Gasteiger charge is 2.35. The van der Waals surface area contributed by atoms with Crippen LogP contribution in [0.25, 0.3) is 0 Å². The lowest BCUT2D eigenvalue weighted by molar-refractivity contribution is -0.0157. The molecule has 6 nitrogen and oxygen atoms in total. The molecule has 9 heteroatoms. The molecule has 3 aromatic carbocycles. The second-order valence-electron chi connectivity index (χ2n) is 8.09. The van der Waals surface area contributed by atoms with Crippen molar-refractivity contribution >= 4 is 39.2 Å². The fraction of sp³-hybridized carbons (Fsp3) is 0.200. The largest absolute Gasteiger partial charge is 0.385 e. The van der Waals surface area contributed by atoms with Crippen molar-refractivity contribution in [3.8, 4) is 0 Å². The Balaban J connectivity index is 1.37. The van der Waals surface area contributed by atoms with Gasteiger partial charge < -0.3 is 20.6 Å². The summed E-state index contributed by atoms with van der Waals surface area (Å²) in [5.41, 5.74) is 0.148. The van der Waals surface area contributed by atoms with E-state index in [1.807, 2.05) is 24.3 Å². The molecule has 0 unspecified atom stereocenters. The summed E-state index contributed by atoms with van der Waals surface area (Å²) in [4.78, 5) is 26.7. The quantitative estimate of drug-likeness (QED) is 0.417. The van der Waals surface area contributed by atoms with Crippen LogP contribution in [0.2, 0.25) is 0 Å². The van der Waals surface area contributed by atoms with Crippen molar-refractivity contribution in [3.63, 3.8) is 0 Å². The van der Waals surface area contributed by atoms with Gasteiger partial charge in [0.05, 0.1) is 11.2 Å². The molecule has 34 heavy (non-hydrogen) atoms. The van der Waals surface area contributed by atoms with Gasteiger partial charge in [-0.05, 0) is 60.9 Å². The molecule has 3 N–H and O–H groups in total. The van der Waals surface area contributed by atoms with E-state index in [9.17, 15) is 23.5 Å². The van der Waals surface area contributed by atoms with Crippen LogP contribution in [0.3, 0.4) is 0 Å². The van der Waals surface area contributed by atoms with E-state index in [-0.39, 0.29) is 6.03 Å². The zero-order chi connectivity index (χ0) is 24.3. The molecular weight excluding hydrogens is 508 g/mol. The molecule has 0 aromatic heterocycles. The first kappa shape index (κ1) is 23.8. The zero-order valence-corrected chi connectivity index (χ0v) is 19.6. The van der Waals surface area contributed by atoms with Gasteiger partial charge in [0.1, 0.15) is 0 Å². The monoisotopic (exact) mass is 529 g/mol. The molecule has 0 spiro atoms.